The molecule has 5 aromatic carbocycles. The lowest BCUT2D eigenvalue weighted by atomic mass is 9.98. The molecule has 730 valence electrons. The molecule has 4 unspecified atom stereocenters. The third-order valence-electron chi connectivity index (χ3n) is 21.9. The number of carboxylic acids is 1. The van der Waals surface area contributed by atoms with Crippen LogP contribution in [0.1, 0.15) is 155 Å². The molecular weight excluding hydrogens is 1940 g/mol. The highest BCUT2D eigenvalue weighted by Crippen LogP contribution is 2.33. The number of hydrogen-bond acceptors (Lipinski definition) is 35. The third-order valence-corrected chi connectivity index (χ3v) is 30.2. The summed E-state index contributed by atoms with van der Waals surface area (Å²) in [5.41, 5.74) is 16.1. The topological polar surface area (TPSA) is 420 Å². The first-order valence-electron chi connectivity index (χ1n) is 46.0. The molecule has 0 spiro atoms. The zero-order chi connectivity index (χ0) is 97.1. The molecule has 4 atom stereocenters. The van der Waals surface area contributed by atoms with Crippen molar-refractivity contribution in [1.82, 2.24) is 85.7 Å². The number of rotatable bonds is 38. The maximum Gasteiger partial charge on any atom is 0.410 e. The van der Waals surface area contributed by atoms with E-state index in [-0.39, 0.29) is 47.0 Å². The number of nitrogens with two attached hydrogens (primary N) is 2. The lowest BCUT2D eigenvalue weighted by molar-refractivity contribution is -0.144. The first-order chi connectivity index (χ1) is 67.1. The summed E-state index contributed by atoms with van der Waals surface area (Å²) < 4.78 is 5.55. The van der Waals surface area contributed by atoms with E-state index in [1.807, 2.05) is 208 Å². The van der Waals surface area contributed by atoms with E-state index in [9.17, 15) is 38.7 Å². The van der Waals surface area contributed by atoms with E-state index < -0.39 is 23.7 Å². The van der Waals surface area contributed by atoms with Crippen LogP contribution in [0.2, 0.25) is 0 Å². The molecule has 138 heavy (non-hydrogen) atoms. The predicted molar refractivity (Wildman–Crippen MR) is 558 cm³/mol. The van der Waals surface area contributed by atoms with E-state index in [0.717, 1.165) is 214 Å². The molecule has 42 heteroatoms. The minimum Gasteiger partial charge on any atom is -0.480 e. The number of anilines is 6. The molecule has 4 fully saturated rings. The fraction of sp³-hybridized carbons (Fsp3) is 0.427. The van der Waals surface area contributed by atoms with Crippen molar-refractivity contribution in [2.75, 3.05) is 133 Å². The second kappa shape index (κ2) is 57.4. The molecule has 9 N–H and O–H groups in total. The average molecular weight is 2060 g/mol. The number of aliphatic carboxylic acids is 1. The quantitative estimate of drug-likeness (QED) is 0.0107. The maximum absolute atomic E-state index is 13.7. The number of allylic oxidation sites excluding steroid dienone is 4. The number of nitrogen functional groups attached to an aromatic ring is 2. The summed E-state index contributed by atoms with van der Waals surface area (Å²) in [6.45, 7) is 13.0. The third kappa shape index (κ3) is 36.7. The number of nitrogens with one attached hydrogen (secondary N) is 4. The van der Waals surface area contributed by atoms with Crippen LogP contribution in [-0.4, -0.2) is 243 Å². The van der Waals surface area contributed by atoms with Gasteiger partial charge in [0.05, 0.1) is 24.1 Å². The SMILES string of the molecule is CC(C)(C)OC(=O)N1CCN(C(C(=O)Nc2nnc(CCSCCc3nnc(NC(=O)C(c4ccccc4)N4CCCCC4)s3)s2)c2ccccc2)CC1.Nc1nnc(CCSCCc2nnc(N)s2)s1.O=C(Cc1ccccc1)Nc1nnc(CCSCCc2nnc(NC(=O)C(C3=CC=[C+]C=C3)N3CCCCC3)s2)s1.O=C(Cl)Cc1ccccc1.O=C(O)C(c1ccccc1)N1CCCCC1. The largest absolute Gasteiger partial charge is 0.480 e. The number of ether oxygens (including phenoxy) is 1. The minimum atomic E-state index is -0.742. The molecule has 4 saturated heterocycles. The number of hydrogen-bond donors (Lipinski definition) is 7. The minimum absolute atomic E-state index is 0.0668. The second-order valence-corrected chi connectivity index (χ2v) is 43.9. The van der Waals surface area contributed by atoms with Crippen LogP contribution in [0.4, 0.5) is 35.6 Å². The molecule has 16 rings (SSSR count). The Morgan fingerprint density at radius 2 is 0.725 bits per heavy atom. The van der Waals surface area contributed by atoms with Gasteiger partial charge in [-0.2, -0.15) is 35.3 Å². The number of thioether (sulfide) groups is 3. The highest BCUT2D eigenvalue weighted by atomic mass is 35.5. The number of benzene rings is 5. The summed E-state index contributed by atoms with van der Waals surface area (Å²) in [4.78, 5) is 97.5. The van der Waals surface area contributed by atoms with E-state index in [2.05, 4.69) is 108 Å². The van der Waals surface area contributed by atoms with Gasteiger partial charge < -0.3 is 31.5 Å². The molecule has 6 aromatic heterocycles. The Hall–Kier alpha value is -10.3. The van der Waals surface area contributed by atoms with Crippen molar-refractivity contribution in [1.29, 1.82) is 0 Å². The summed E-state index contributed by atoms with van der Waals surface area (Å²) in [6, 6.07) is 46.5. The molecule has 32 nitrogen and oxygen atoms in total. The summed E-state index contributed by atoms with van der Waals surface area (Å²) >= 11 is 19.2. The molecule has 0 bridgehead atoms. The number of aryl methyl sites for hydroxylation is 6. The Kier molecular flexibility index (Phi) is 44.3. The van der Waals surface area contributed by atoms with E-state index in [1.165, 1.54) is 87.3 Å². The van der Waals surface area contributed by atoms with Crippen LogP contribution in [0.3, 0.4) is 0 Å². The van der Waals surface area contributed by atoms with Gasteiger partial charge in [0.2, 0.25) is 53.8 Å². The van der Waals surface area contributed by atoms with Crippen molar-refractivity contribution in [3.05, 3.63) is 245 Å². The summed E-state index contributed by atoms with van der Waals surface area (Å²) in [7, 11) is 0. The predicted octanol–water partition coefficient (Wildman–Crippen LogP) is 16.4. The van der Waals surface area contributed by atoms with E-state index in [4.69, 9.17) is 27.8 Å². The molecule has 0 saturated carbocycles. The van der Waals surface area contributed by atoms with Gasteiger partial charge in [-0.15, -0.1) is 61.2 Å². The van der Waals surface area contributed by atoms with Crippen LogP contribution in [-0.2, 0) is 84.9 Å². The van der Waals surface area contributed by atoms with Gasteiger partial charge >= 0.3 is 12.1 Å². The summed E-state index contributed by atoms with van der Waals surface area (Å²) in [5.74, 6) is 4.35. The number of nitrogens with zero attached hydrogens (tertiary/aromatic N) is 17. The monoisotopic (exact) mass is 2060 g/mol. The number of likely N-dealkylation sites (tertiary alicyclic amines) is 3. The molecule has 5 aliphatic rings. The Labute approximate surface area is 846 Å². The number of carboxylic acid groups (broad SMARTS) is 1. The lowest BCUT2D eigenvalue weighted by Crippen LogP contribution is -2.52. The van der Waals surface area contributed by atoms with Gasteiger partial charge in [-0.05, 0) is 172 Å². The highest BCUT2D eigenvalue weighted by Gasteiger charge is 2.37. The van der Waals surface area contributed by atoms with Gasteiger partial charge in [-0.25, -0.2) is 4.79 Å². The fourth-order valence-electron chi connectivity index (χ4n) is 15.4. The second-order valence-electron chi connectivity index (χ2n) is 33.4. The molecule has 4 aliphatic heterocycles. The van der Waals surface area contributed by atoms with Crippen LogP contribution in [0.15, 0.2) is 182 Å². The first kappa shape index (κ1) is 107. The normalized spacial score (nSPS) is 15.4. The molecular formula is C96H117ClN23O9S9+. The Morgan fingerprint density at radius 1 is 0.406 bits per heavy atom. The molecule has 5 amide bonds. The van der Waals surface area contributed by atoms with E-state index >= 15 is 0 Å². The van der Waals surface area contributed by atoms with Crippen molar-refractivity contribution in [2.24, 2.45) is 0 Å². The number of aromatic nitrogens is 12. The number of piperazine rings is 1. The zero-order valence-electron chi connectivity index (χ0n) is 77.4. The molecule has 10 heterocycles. The fourth-order valence-corrected chi connectivity index (χ4v) is 23.2. The van der Waals surface area contributed by atoms with Crippen LogP contribution in [0.25, 0.3) is 0 Å². The van der Waals surface area contributed by atoms with E-state index in [0.29, 0.717) is 69.8 Å². The van der Waals surface area contributed by atoms with Crippen molar-refractivity contribution < 1.29 is 43.4 Å². The maximum atomic E-state index is 13.7. The van der Waals surface area contributed by atoms with Crippen LogP contribution < -0.4 is 32.7 Å². The number of halogens is 1. The molecule has 0 radical (unpaired) electrons. The molecule has 1 aliphatic carbocycles. The smallest absolute Gasteiger partial charge is 0.410 e. The van der Waals surface area contributed by atoms with Gasteiger partial charge in [0.15, 0.2) is 0 Å². The average Bonchev–Trinajstić information content (AvgIpc) is 1.01. The summed E-state index contributed by atoms with van der Waals surface area (Å²) in [5, 5.41) is 79.1. The number of piperidine rings is 3. The van der Waals surface area contributed by atoms with Crippen molar-refractivity contribution in [3.63, 3.8) is 0 Å². The van der Waals surface area contributed by atoms with E-state index in [1.54, 1.807) is 28.4 Å². The zero-order valence-corrected chi connectivity index (χ0v) is 85.5. The van der Waals surface area contributed by atoms with Crippen molar-refractivity contribution in [2.45, 2.75) is 160 Å². The lowest BCUT2D eigenvalue weighted by Gasteiger charge is -2.39. The van der Waals surface area contributed by atoms with Gasteiger partial charge in [0.25, 0.3) is 5.91 Å². The Balaban J connectivity index is 0.000000176. The standard InChI is InChI=1S/C38H49N9O4S3.C29H31N7O2S3.C13H17NO2.C8H7ClO.C8H12N6S3/c1-38(2,3)51-37(50)47-23-21-46(22-24-47)32(28-15-9-5-10-16-28)34(49)40-36-44-42-30(54-36)18-26-52-25-17-29-41-43-35(53-29)39-33(48)31(27-13-7-4-8-14-27)45-19-11-6-12-20-45;37-23(20-21-10-4-1-5-11-21)30-28-34-32-24(40-28)14-18-39-19-15-25-33-35-29(41-25)31-27(38)26(22-12-6-2-7-13-22)36-16-8-3-9-17-36;15-13(16)12(11-7-3-1-4-8-11)14-9-5-2-6-10-14;9-8(10)6-7-4-2-1-3-5-7;9-7-13-11-5(16-7)1-3-15-4-2-6-12-14-8(10)17-6/h4-5,7-10,13-16,31-32H,6,11-12,17-26H2,1-3H3,(H,39,43,48)(H,40,44,49);1,4-7,10-13,26H,3,8-9,14-20H2,(H-,30,31,34,35,37,38);1,3-4,7-8,12H,2,5-6,9-10H2,(H,15,16);1-5H,6H2;1-4H2,(H2,9,13)(H2,10,14)/p+1. The van der Waals surface area contributed by atoms with Crippen molar-refractivity contribution >= 4 is 187 Å². The van der Waals surface area contributed by atoms with Gasteiger partial charge in [-0.1, -0.05) is 239 Å². The van der Waals surface area contributed by atoms with Crippen LogP contribution in [0, 0.1) is 6.08 Å². The van der Waals surface area contributed by atoms with Gasteiger partial charge in [-0.3, -0.25) is 64.3 Å². The van der Waals surface area contributed by atoms with Gasteiger partial charge in [0.1, 0.15) is 72.0 Å². The number of amides is 5. The number of carbonyl (C=O) groups excluding carboxylic acids is 6. The van der Waals surface area contributed by atoms with Crippen molar-refractivity contribution in [3.8, 4) is 0 Å². The molecule has 11 aromatic rings. The Morgan fingerprint density at radius 3 is 1.07 bits per heavy atom. The highest BCUT2D eigenvalue weighted by molar-refractivity contribution is 7.99. The van der Waals surface area contributed by atoms with Crippen LogP contribution >= 0.6 is 115 Å². The Bertz CT molecular complexity index is 5610. The van der Waals surface area contributed by atoms with Crippen LogP contribution in [0.5, 0.6) is 0 Å². The van der Waals surface area contributed by atoms with Gasteiger partial charge in [0, 0.05) is 77.2 Å². The number of carbonyl (C=O) groups is 7. The summed E-state index contributed by atoms with van der Waals surface area (Å²) in [6.07, 6.45) is 26.1. The first-order valence-corrected chi connectivity index (χ1v) is 54.8.